The number of nitrogens with zero attached hydrogens (tertiary/aromatic N) is 4. The highest BCUT2D eigenvalue weighted by Crippen LogP contribution is 2.26. The zero-order chi connectivity index (χ0) is 22.8. The fourth-order valence-corrected chi connectivity index (χ4v) is 3.22. The summed E-state index contributed by atoms with van der Waals surface area (Å²) in [6.45, 7) is 1.85. The molecule has 0 atom stereocenters. The highest BCUT2D eigenvalue weighted by Gasteiger charge is 2.21. The van der Waals surface area contributed by atoms with Crippen LogP contribution in [0.1, 0.15) is 16.2 Å². The van der Waals surface area contributed by atoms with Gasteiger partial charge in [-0.1, -0.05) is 23.7 Å². The summed E-state index contributed by atoms with van der Waals surface area (Å²) in [5.41, 5.74) is 2.02. The molecule has 3 aromatic carbocycles. The van der Waals surface area contributed by atoms with Crippen LogP contribution in [0, 0.1) is 22.9 Å². The quantitative estimate of drug-likeness (QED) is 0.332. The molecule has 0 unspecified atom stereocenters. The second-order valence-corrected chi connectivity index (χ2v) is 7.31. The van der Waals surface area contributed by atoms with E-state index in [0.29, 0.717) is 22.1 Å². The smallest absolute Gasteiger partial charge is 0.295 e. The standard InChI is InChI=1S/C22H15ClFN5O3/c1-13-5-8-15(23)11-19(13)28-21(14-6-9-16(24)10-7-14)26-20(27-28)22(30)25-17-3-2-4-18(12-17)29(31)32/h2-12H,1H3,(H,25,30). The molecule has 32 heavy (non-hydrogen) atoms. The molecule has 0 spiro atoms. The molecule has 1 heterocycles. The summed E-state index contributed by atoms with van der Waals surface area (Å²) in [6.07, 6.45) is 0. The van der Waals surface area contributed by atoms with E-state index in [-0.39, 0.29) is 17.2 Å². The second kappa shape index (κ2) is 8.56. The number of carbonyl (C=O) groups excluding carboxylic acids is 1. The Balaban J connectivity index is 1.77. The van der Waals surface area contributed by atoms with Crippen LogP contribution in [0.5, 0.6) is 0 Å². The minimum absolute atomic E-state index is 0.164. The third-order valence-corrected chi connectivity index (χ3v) is 4.86. The van der Waals surface area contributed by atoms with Crippen LogP contribution in [0.4, 0.5) is 15.8 Å². The first-order chi connectivity index (χ1) is 15.3. The van der Waals surface area contributed by atoms with Crippen molar-refractivity contribution in [2.75, 3.05) is 5.32 Å². The van der Waals surface area contributed by atoms with Crippen molar-refractivity contribution in [3.05, 3.63) is 99.1 Å². The first-order valence-electron chi connectivity index (χ1n) is 9.37. The van der Waals surface area contributed by atoms with Crippen LogP contribution < -0.4 is 5.32 Å². The molecule has 0 aliphatic heterocycles. The second-order valence-electron chi connectivity index (χ2n) is 6.87. The van der Waals surface area contributed by atoms with Gasteiger partial charge in [-0.3, -0.25) is 14.9 Å². The number of carbonyl (C=O) groups is 1. The van der Waals surface area contributed by atoms with Gasteiger partial charge in [0.2, 0.25) is 5.82 Å². The number of benzene rings is 3. The lowest BCUT2D eigenvalue weighted by atomic mass is 10.1. The number of nitrogens with one attached hydrogen (secondary N) is 1. The van der Waals surface area contributed by atoms with E-state index in [0.717, 1.165) is 5.56 Å². The Kier molecular flexibility index (Phi) is 5.65. The molecule has 1 aromatic heterocycles. The molecule has 0 fully saturated rings. The highest BCUT2D eigenvalue weighted by atomic mass is 35.5. The predicted octanol–water partition coefficient (Wildman–Crippen LogP) is 5.20. The maximum absolute atomic E-state index is 13.4. The Labute approximate surface area is 186 Å². The molecule has 0 aliphatic rings. The van der Waals surface area contributed by atoms with Gasteiger partial charge in [-0.05, 0) is 55.0 Å². The number of rotatable bonds is 5. The molecular formula is C22H15ClFN5O3. The molecule has 4 rings (SSSR count). The third-order valence-electron chi connectivity index (χ3n) is 4.63. The molecule has 0 radical (unpaired) electrons. The van der Waals surface area contributed by atoms with E-state index in [4.69, 9.17) is 11.6 Å². The number of aryl methyl sites for hydroxylation is 1. The largest absolute Gasteiger partial charge is 0.319 e. The lowest BCUT2D eigenvalue weighted by molar-refractivity contribution is -0.384. The van der Waals surface area contributed by atoms with Crippen molar-refractivity contribution in [1.29, 1.82) is 0 Å². The van der Waals surface area contributed by atoms with E-state index in [1.165, 1.54) is 53.2 Å². The molecule has 1 amide bonds. The number of non-ortho nitro benzene ring substituents is 1. The highest BCUT2D eigenvalue weighted by molar-refractivity contribution is 6.30. The van der Waals surface area contributed by atoms with Crippen molar-refractivity contribution in [2.45, 2.75) is 6.92 Å². The summed E-state index contributed by atoms with van der Waals surface area (Å²) in [7, 11) is 0. The summed E-state index contributed by atoms with van der Waals surface area (Å²) in [4.78, 5) is 27.6. The lowest BCUT2D eigenvalue weighted by Crippen LogP contribution is -2.14. The van der Waals surface area contributed by atoms with Gasteiger partial charge >= 0.3 is 0 Å². The molecule has 1 N–H and O–H groups in total. The van der Waals surface area contributed by atoms with Gasteiger partial charge in [0.05, 0.1) is 10.6 Å². The normalized spacial score (nSPS) is 10.7. The predicted molar refractivity (Wildman–Crippen MR) is 118 cm³/mol. The number of amides is 1. The van der Waals surface area contributed by atoms with Gasteiger partial charge in [0.1, 0.15) is 5.82 Å². The molecule has 0 saturated heterocycles. The average Bonchev–Trinajstić information content (AvgIpc) is 3.21. The van der Waals surface area contributed by atoms with Crippen LogP contribution in [0.3, 0.4) is 0 Å². The van der Waals surface area contributed by atoms with Crippen LogP contribution in [0.15, 0.2) is 66.7 Å². The van der Waals surface area contributed by atoms with Gasteiger partial charge < -0.3 is 5.32 Å². The van der Waals surface area contributed by atoms with E-state index in [1.54, 1.807) is 18.2 Å². The SMILES string of the molecule is Cc1ccc(Cl)cc1-n1nc(C(=O)Nc2cccc([N+](=O)[O-])c2)nc1-c1ccc(F)cc1. The first kappa shape index (κ1) is 21.1. The molecule has 0 bridgehead atoms. The fourth-order valence-electron chi connectivity index (χ4n) is 3.06. The van der Waals surface area contributed by atoms with Crippen molar-refractivity contribution in [3.63, 3.8) is 0 Å². The van der Waals surface area contributed by atoms with Gasteiger partial charge in [0, 0.05) is 28.4 Å². The van der Waals surface area contributed by atoms with Crippen LogP contribution in [-0.2, 0) is 0 Å². The number of nitro benzene ring substituents is 1. The number of aromatic nitrogens is 3. The number of halogens is 2. The summed E-state index contributed by atoms with van der Waals surface area (Å²) in [5.74, 6) is -0.940. The Hall–Kier alpha value is -4.11. The van der Waals surface area contributed by atoms with Crippen molar-refractivity contribution in [1.82, 2.24) is 14.8 Å². The van der Waals surface area contributed by atoms with Gasteiger partial charge in [0.25, 0.3) is 11.6 Å². The fraction of sp³-hybridized carbons (Fsp3) is 0.0455. The minimum Gasteiger partial charge on any atom is -0.319 e. The van der Waals surface area contributed by atoms with Crippen molar-refractivity contribution in [2.24, 2.45) is 0 Å². The summed E-state index contributed by atoms with van der Waals surface area (Å²) < 4.78 is 14.9. The summed E-state index contributed by atoms with van der Waals surface area (Å²) in [6, 6.07) is 16.3. The number of anilines is 1. The Morgan fingerprint density at radius 1 is 1.12 bits per heavy atom. The van der Waals surface area contributed by atoms with E-state index in [1.807, 2.05) is 6.92 Å². The summed E-state index contributed by atoms with van der Waals surface area (Å²) >= 11 is 6.16. The van der Waals surface area contributed by atoms with Crippen LogP contribution in [-0.4, -0.2) is 25.6 Å². The summed E-state index contributed by atoms with van der Waals surface area (Å²) in [5, 5.41) is 18.4. The van der Waals surface area contributed by atoms with Crippen molar-refractivity contribution >= 4 is 28.9 Å². The van der Waals surface area contributed by atoms with Crippen LogP contribution in [0.2, 0.25) is 5.02 Å². The molecule has 0 aliphatic carbocycles. The number of nitro groups is 1. The Morgan fingerprint density at radius 2 is 1.88 bits per heavy atom. The third kappa shape index (κ3) is 4.33. The molecule has 0 saturated carbocycles. The lowest BCUT2D eigenvalue weighted by Gasteiger charge is -2.09. The van der Waals surface area contributed by atoms with Crippen LogP contribution >= 0.6 is 11.6 Å². The van der Waals surface area contributed by atoms with Gasteiger partial charge in [-0.25, -0.2) is 14.1 Å². The monoisotopic (exact) mass is 451 g/mol. The molecule has 4 aromatic rings. The minimum atomic E-state index is -0.660. The maximum Gasteiger partial charge on any atom is 0.295 e. The Morgan fingerprint density at radius 3 is 2.59 bits per heavy atom. The number of hydrogen-bond acceptors (Lipinski definition) is 5. The van der Waals surface area contributed by atoms with Gasteiger partial charge in [-0.2, -0.15) is 0 Å². The first-order valence-corrected chi connectivity index (χ1v) is 9.75. The van der Waals surface area contributed by atoms with Crippen LogP contribution in [0.25, 0.3) is 17.1 Å². The molecule has 8 nitrogen and oxygen atoms in total. The maximum atomic E-state index is 13.4. The molecular weight excluding hydrogens is 437 g/mol. The zero-order valence-corrected chi connectivity index (χ0v) is 17.4. The van der Waals surface area contributed by atoms with E-state index >= 15 is 0 Å². The van der Waals surface area contributed by atoms with Crippen molar-refractivity contribution in [3.8, 4) is 17.1 Å². The van der Waals surface area contributed by atoms with E-state index < -0.39 is 16.6 Å². The average molecular weight is 452 g/mol. The van der Waals surface area contributed by atoms with Crippen molar-refractivity contribution < 1.29 is 14.1 Å². The zero-order valence-electron chi connectivity index (χ0n) is 16.6. The Bertz CT molecular complexity index is 1340. The van der Waals surface area contributed by atoms with E-state index in [9.17, 15) is 19.3 Å². The molecule has 10 heteroatoms. The number of hydrogen-bond donors (Lipinski definition) is 1. The molecule has 160 valence electrons. The van der Waals surface area contributed by atoms with Gasteiger partial charge in [-0.15, -0.1) is 5.10 Å². The topological polar surface area (TPSA) is 103 Å². The van der Waals surface area contributed by atoms with E-state index in [2.05, 4.69) is 15.4 Å². The van der Waals surface area contributed by atoms with Gasteiger partial charge in [0.15, 0.2) is 5.82 Å².